The first-order chi connectivity index (χ1) is 9.41. The van der Waals surface area contributed by atoms with E-state index in [0.717, 1.165) is 0 Å². The summed E-state index contributed by atoms with van der Waals surface area (Å²) in [4.78, 5) is 23.5. The van der Waals surface area contributed by atoms with E-state index in [0.29, 0.717) is 10.6 Å². The Bertz CT molecular complexity index is 707. The molecule has 2 rings (SSSR count). The van der Waals surface area contributed by atoms with Gasteiger partial charge in [0.25, 0.3) is 0 Å². The van der Waals surface area contributed by atoms with Crippen molar-refractivity contribution in [3.05, 3.63) is 63.7 Å². The van der Waals surface area contributed by atoms with Crippen molar-refractivity contribution in [2.24, 2.45) is 0 Å². The van der Waals surface area contributed by atoms with Crippen LogP contribution >= 0.6 is 11.6 Å². The van der Waals surface area contributed by atoms with Gasteiger partial charge in [-0.1, -0.05) is 29.8 Å². The number of aryl methyl sites for hydroxylation is 1. The molecule has 20 heavy (non-hydrogen) atoms. The fourth-order valence-corrected chi connectivity index (χ4v) is 2.02. The van der Waals surface area contributed by atoms with Gasteiger partial charge in [-0.05, 0) is 30.7 Å². The maximum atomic E-state index is 12.4. The van der Waals surface area contributed by atoms with Gasteiger partial charge in [-0.15, -0.1) is 0 Å². The average molecular weight is 291 g/mol. The van der Waals surface area contributed by atoms with Gasteiger partial charge in [-0.3, -0.25) is 4.79 Å². The van der Waals surface area contributed by atoms with Crippen LogP contribution in [0.5, 0.6) is 5.75 Å². The van der Waals surface area contributed by atoms with Crippen molar-refractivity contribution in [1.29, 1.82) is 0 Å². The average Bonchev–Trinajstić information content (AvgIpc) is 2.42. The predicted molar refractivity (Wildman–Crippen MR) is 74.7 cm³/mol. The van der Waals surface area contributed by atoms with Crippen molar-refractivity contribution in [2.45, 2.75) is 6.92 Å². The topological polar surface area (TPSA) is 74.6 Å². The van der Waals surface area contributed by atoms with Gasteiger partial charge < -0.3 is 10.2 Å². The van der Waals surface area contributed by atoms with E-state index >= 15 is 0 Å². The zero-order chi connectivity index (χ0) is 14.9. The maximum Gasteiger partial charge on any atom is 0.336 e. The summed E-state index contributed by atoms with van der Waals surface area (Å²) in [7, 11) is 0. The molecule has 0 bridgehead atoms. The highest BCUT2D eigenvalue weighted by Gasteiger charge is 2.20. The largest absolute Gasteiger partial charge is 0.507 e. The molecule has 2 aromatic carbocycles. The number of rotatable bonds is 3. The lowest BCUT2D eigenvalue weighted by molar-refractivity contribution is 0.0692. The molecule has 0 radical (unpaired) electrons. The molecule has 0 aromatic heterocycles. The van der Waals surface area contributed by atoms with Crippen molar-refractivity contribution in [3.63, 3.8) is 0 Å². The zero-order valence-corrected chi connectivity index (χ0v) is 11.3. The monoisotopic (exact) mass is 290 g/mol. The van der Waals surface area contributed by atoms with Crippen LogP contribution in [0.15, 0.2) is 36.4 Å². The van der Waals surface area contributed by atoms with Gasteiger partial charge >= 0.3 is 5.97 Å². The Balaban J connectivity index is 2.58. The highest BCUT2D eigenvalue weighted by Crippen LogP contribution is 2.28. The first-order valence-electron chi connectivity index (χ1n) is 5.78. The summed E-state index contributed by atoms with van der Waals surface area (Å²) in [6, 6.07) is 8.54. The van der Waals surface area contributed by atoms with E-state index in [-0.39, 0.29) is 22.4 Å². The Morgan fingerprint density at radius 1 is 1.05 bits per heavy atom. The molecular formula is C15H11ClO4. The maximum absolute atomic E-state index is 12.4. The number of carbonyl (C=O) groups excluding carboxylic acids is 1. The Kier molecular flexibility index (Phi) is 3.77. The lowest BCUT2D eigenvalue weighted by atomic mass is 9.97. The molecule has 0 atom stereocenters. The molecule has 0 aliphatic heterocycles. The predicted octanol–water partition coefficient (Wildman–Crippen LogP) is 3.28. The number of aromatic hydroxyl groups is 1. The van der Waals surface area contributed by atoms with Crippen molar-refractivity contribution in [2.75, 3.05) is 0 Å². The quantitative estimate of drug-likeness (QED) is 0.851. The van der Waals surface area contributed by atoms with Crippen LogP contribution in [-0.4, -0.2) is 22.0 Å². The van der Waals surface area contributed by atoms with E-state index in [1.54, 1.807) is 13.0 Å². The van der Waals surface area contributed by atoms with E-state index < -0.39 is 11.8 Å². The zero-order valence-electron chi connectivity index (χ0n) is 10.6. The van der Waals surface area contributed by atoms with Gasteiger partial charge in [0, 0.05) is 10.6 Å². The molecule has 0 aliphatic carbocycles. The second-order valence-corrected chi connectivity index (χ2v) is 4.71. The number of halogens is 1. The highest BCUT2D eigenvalue weighted by molar-refractivity contribution is 6.32. The molecule has 0 fully saturated rings. The number of phenols is 1. The minimum atomic E-state index is -1.20. The number of hydrogen-bond donors (Lipinski definition) is 2. The van der Waals surface area contributed by atoms with Gasteiger partial charge in [0.2, 0.25) is 0 Å². The van der Waals surface area contributed by atoms with E-state index in [4.69, 9.17) is 16.7 Å². The molecule has 0 aliphatic rings. The number of phenolic OH excluding ortho intramolecular Hbond substituents is 1. The van der Waals surface area contributed by atoms with Gasteiger partial charge in [0.1, 0.15) is 5.75 Å². The van der Waals surface area contributed by atoms with Crippen LogP contribution in [-0.2, 0) is 0 Å². The van der Waals surface area contributed by atoms with Gasteiger partial charge in [-0.2, -0.15) is 0 Å². The normalized spacial score (nSPS) is 10.3. The summed E-state index contributed by atoms with van der Waals surface area (Å²) < 4.78 is 0. The summed E-state index contributed by atoms with van der Waals surface area (Å²) >= 11 is 5.94. The molecule has 0 unspecified atom stereocenters. The van der Waals surface area contributed by atoms with Gasteiger partial charge in [-0.25, -0.2) is 4.79 Å². The smallest absolute Gasteiger partial charge is 0.336 e. The number of carbonyl (C=O) groups is 2. The van der Waals surface area contributed by atoms with Crippen LogP contribution in [0.1, 0.15) is 31.8 Å². The summed E-state index contributed by atoms with van der Waals surface area (Å²) in [6.07, 6.45) is 0. The molecule has 4 nitrogen and oxygen atoms in total. The first kappa shape index (κ1) is 14.1. The van der Waals surface area contributed by atoms with E-state index in [9.17, 15) is 14.7 Å². The van der Waals surface area contributed by atoms with Crippen molar-refractivity contribution in [1.82, 2.24) is 0 Å². The molecule has 5 heteroatoms. The molecule has 0 spiro atoms. The number of carboxylic acid groups (broad SMARTS) is 1. The van der Waals surface area contributed by atoms with E-state index in [1.165, 1.54) is 30.3 Å². The molecule has 102 valence electrons. The number of ketones is 1. The summed E-state index contributed by atoms with van der Waals surface area (Å²) in [6.45, 7) is 1.70. The Morgan fingerprint density at radius 3 is 2.25 bits per heavy atom. The molecular weight excluding hydrogens is 280 g/mol. The fraction of sp³-hybridized carbons (Fsp3) is 0.0667. The molecule has 0 saturated heterocycles. The third-order valence-corrected chi connectivity index (χ3v) is 3.33. The third kappa shape index (κ3) is 2.51. The number of benzene rings is 2. The molecule has 0 saturated carbocycles. The summed E-state index contributed by atoms with van der Waals surface area (Å²) in [5, 5.41) is 19.3. The number of carboxylic acids is 1. The minimum absolute atomic E-state index is 0.00946. The Morgan fingerprint density at radius 2 is 1.65 bits per heavy atom. The number of hydrogen-bond acceptors (Lipinski definition) is 3. The summed E-state index contributed by atoms with van der Waals surface area (Å²) in [5.74, 6) is -2.01. The number of aromatic carboxylic acids is 1. The first-order valence-corrected chi connectivity index (χ1v) is 6.15. The fourth-order valence-electron chi connectivity index (χ4n) is 1.86. The standard InChI is InChI=1S/C15H11ClO4/c1-8-6-13(17)11(7-12(8)16)14(18)9-4-2-3-5-10(9)15(19)20/h2-7,17H,1H3,(H,19,20). The highest BCUT2D eigenvalue weighted by atomic mass is 35.5. The molecule has 2 N–H and O–H groups in total. The van der Waals surface area contributed by atoms with Crippen LogP contribution in [0.4, 0.5) is 0 Å². The lowest BCUT2D eigenvalue weighted by Crippen LogP contribution is -2.09. The van der Waals surface area contributed by atoms with Crippen LogP contribution in [0.25, 0.3) is 0 Å². The molecule has 0 heterocycles. The van der Waals surface area contributed by atoms with Gasteiger partial charge in [0.05, 0.1) is 11.1 Å². The van der Waals surface area contributed by atoms with Crippen molar-refractivity contribution < 1.29 is 19.8 Å². The third-order valence-electron chi connectivity index (χ3n) is 2.92. The van der Waals surface area contributed by atoms with Gasteiger partial charge in [0.15, 0.2) is 5.78 Å². The van der Waals surface area contributed by atoms with Crippen molar-refractivity contribution in [3.8, 4) is 5.75 Å². The Labute approximate surface area is 120 Å². The van der Waals surface area contributed by atoms with Crippen LogP contribution in [0.3, 0.4) is 0 Å². The summed E-state index contributed by atoms with van der Waals surface area (Å²) in [5.41, 5.74) is 0.505. The van der Waals surface area contributed by atoms with Crippen molar-refractivity contribution >= 4 is 23.4 Å². The van der Waals surface area contributed by atoms with Crippen LogP contribution in [0, 0.1) is 6.92 Å². The Hall–Kier alpha value is -2.33. The molecule has 2 aromatic rings. The van der Waals surface area contributed by atoms with E-state index in [2.05, 4.69) is 0 Å². The van der Waals surface area contributed by atoms with Crippen LogP contribution in [0.2, 0.25) is 5.02 Å². The molecule has 0 amide bonds. The second kappa shape index (κ2) is 5.35. The SMILES string of the molecule is Cc1cc(O)c(C(=O)c2ccccc2C(=O)O)cc1Cl. The minimum Gasteiger partial charge on any atom is -0.507 e. The van der Waals surface area contributed by atoms with E-state index in [1.807, 2.05) is 0 Å². The lowest BCUT2D eigenvalue weighted by Gasteiger charge is -2.08. The second-order valence-electron chi connectivity index (χ2n) is 4.30. The van der Waals surface area contributed by atoms with Crippen LogP contribution < -0.4 is 0 Å².